The second-order valence-corrected chi connectivity index (χ2v) is 19.0. The van der Waals surface area contributed by atoms with Crippen LogP contribution in [0.1, 0.15) is 74.7 Å². The summed E-state index contributed by atoms with van der Waals surface area (Å²) in [5, 5.41) is 0. The maximum absolute atomic E-state index is 14.4. The minimum atomic E-state index is -8.63. The highest BCUT2D eigenvalue weighted by Gasteiger charge is 2.94. The van der Waals surface area contributed by atoms with Crippen LogP contribution in [0.4, 0.5) is 149 Å². The largest absolute Gasteiger partial charge is 0.465 e. The molecule has 0 spiro atoms. The SMILES string of the molecule is CC(C)(C)CC(C)(C(=O)OCCCC(C)(OCCOC(F)(F)C(F)(F)C(F)(F)C(F)(F)OC(C(F)(F)F)(C(F)(F)F)C(F)(F)F)OCCOC(F)(F)C(F)(F)C(F)(F)C(F)(F)OC(C(F)(F)F)(C(F)(F)F)C(F)(F)F)C(C)(C)C. The number of carbonyl (C=O) groups is 1. The van der Waals surface area contributed by atoms with Crippen molar-refractivity contribution in [1.82, 2.24) is 0 Å². The second kappa shape index (κ2) is 22.4. The van der Waals surface area contributed by atoms with Gasteiger partial charge in [-0.2, -0.15) is 149 Å². The number of esters is 1. The van der Waals surface area contributed by atoms with E-state index in [0.717, 1.165) is 0 Å². The zero-order valence-corrected chi connectivity index (χ0v) is 40.3. The normalized spacial score (nSPS) is 16.8. The summed E-state index contributed by atoms with van der Waals surface area (Å²) >= 11 is 0. The monoisotopic (exact) mass is 1260 g/mol. The summed E-state index contributed by atoms with van der Waals surface area (Å²) in [5.41, 5.74) is -20.1. The topological polar surface area (TPSA) is 81.7 Å². The number of hydrogen-bond acceptors (Lipinski definition) is 8. The minimum absolute atomic E-state index is 0.0394. The van der Waals surface area contributed by atoms with Gasteiger partial charge >= 0.3 is 102 Å². The van der Waals surface area contributed by atoms with Gasteiger partial charge < -0.3 is 23.7 Å². The molecule has 1 atom stereocenters. The summed E-state index contributed by atoms with van der Waals surface area (Å²) in [6.45, 7) is 0.997. The minimum Gasteiger partial charge on any atom is -0.465 e. The third-order valence-corrected chi connectivity index (χ3v) is 10.8. The van der Waals surface area contributed by atoms with E-state index in [1.165, 1.54) is 37.2 Å². The molecule has 0 N–H and O–H groups in total. The number of rotatable bonds is 26. The zero-order valence-electron chi connectivity index (χ0n) is 40.3. The van der Waals surface area contributed by atoms with Gasteiger partial charge in [0.1, 0.15) is 0 Å². The van der Waals surface area contributed by atoms with E-state index in [0.29, 0.717) is 6.92 Å². The molecular formula is C37H40F34O8. The molecule has 79 heavy (non-hydrogen) atoms. The molecule has 0 aromatic carbocycles. The summed E-state index contributed by atoms with van der Waals surface area (Å²) in [4.78, 5) is 13.3. The zero-order chi connectivity index (χ0) is 64.2. The van der Waals surface area contributed by atoms with E-state index < -0.39 is 170 Å². The van der Waals surface area contributed by atoms with Crippen LogP contribution < -0.4 is 0 Å². The molecule has 8 nitrogen and oxygen atoms in total. The van der Waals surface area contributed by atoms with Crippen LogP contribution in [0.15, 0.2) is 0 Å². The Morgan fingerprint density at radius 1 is 0.329 bits per heavy atom. The van der Waals surface area contributed by atoms with Crippen molar-refractivity contribution in [2.75, 3.05) is 33.0 Å². The van der Waals surface area contributed by atoms with Crippen molar-refractivity contribution < 1.29 is 187 Å². The highest BCUT2D eigenvalue weighted by molar-refractivity contribution is 5.77. The third-order valence-electron chi connectivity index (χ3n) is 10.8. The van der Waals surface area contributed by atoms with Crippen molar-refractivity contribution in [3.63, 3.8) is 0 Å². The Hall–Kier alpha value is -3.15. The van der Waals surface area contributed by atoms with Gasteiger partial charge in [-0.3, -0.25) is 14.3 Å². The standard InChI is InChI=1S/C37H40F34O8/c1-18(2,3)16-20(7,19(4,5)6)17(72)73-11-9-10-21(8,74-12-14-76-34(64,65)24(38,39)26(42,43)36(68,69)78-22(28(46,47)48,29(49,50)51)30(52,53)54)75-13-15-77-35(66,67)25(40,41)27(44,45)37(70,71)79-23(31(55,56)57,32(58,59)60)33(61,62)63/h9-16H2,1-8H3. The molecule has 0 rings (SSSR count). The van der Waals surface area contributed by atoms with Gasteiger partial charge in [0.05, 0.1) is 38.4 Å². The molecule has 474 valence electrons. The Kier molecular flexibility index (Phi) is 21.6. The van der Waals surface area contributed by atoms with Crippen molar-refractivity contribution in [2.45, 2.75) is 177 Å². The first-order valence-corrected chi connectivity index (χ1v) is 20.5. The molecule has 1 unspecified atom stereocenters. The molecular weight excluding hydrogens is 1220 g/mol. The molecule has 0 fully saturated rings. The van der Waals surface area contributed by atoms with Gasteiger partial charge in [0.25, 0.3) is 0 Å². The maximum atomic E-state index is 14.4. The summed E-state index contributed by atoms with van der Waals surface area (Å²) in [6, 6.07) is 0. The lowest BCUT2D eigenvalue weighted by Gasteiger charge is -2.43. The van der Waals surface area contributed by atoms with Gasteiger partial charge in [-0.25, -0.2) is 0 Å². The van der Waals surface area contributed by atoms with E-state index in [-0.39, 0.29) is 6.42 Å². The first-order valence-electron chi connectivity index (χ1n) is 20.5. The molecule has 42 heteroatoms. The number of hydrogen-bond donors (Lipinski definition) is 0. The van der Waals surface area contributed by atoms with Gasteiger partial charge in [-0.05, 0) is 37.5 Å². The van der Waals surface area contributed by atoms with Crippen LogP contribution in [0, 0.1) is 16.2 Å². The van der Waals surface area contributed by atoms with Crippen LogP contribution in [-0.4, -0.2) is 141 Å². The van der Waals surface area contributed by atoms with E-state index in [9.17, 15) is 154 Å². The summed E-state index contributed by atoms with van der Waals surface area (Å²) in [5.74, 6) is -37.9. The van der Waals surface area contributed by atoms with Crippen LogP contribution in [0.5, 0.6) is 0 Å². The molecule has 0 amide bonds. The number of carbonyl (C=O) groups excluding carboxylic acids is 1. The lowest BCUT2D eigenvalue weighted by Crippen LogP contribution is -2.73. The van der Waals surface area contributed by atoms with Gasteiger partial charge in [-0.1, -0.05) is 41.5 Å². The first-order chi connectivity index (χ1) is 33.9. The van der Waals surface area contributed by atoms with Crippen LogP contribution in [0.3, 0.4) is 0 Å². The first kappa shape index (κ1) is 75.8. The molecule has 0 saturated carbocycles. The Bertz CT molecular complexity index is 1820. The smallest absolute Gasteiger partial charge is 0.436 e. The van der Waals surface area contributed by atoms with Gasteiger partial charge in [0, 0.05) is 6.42 Å². The van der Waals surface area contributed by atoms with Crippen LogP contribution in [0.2, 0.25) is 0 Å². The summed E-state index contributed by atoms with van der Waals surface area (Å²) < 4.78 is 486. The van der Waals surface area contributed by atoms with Gasteiger partial charge in [0.15, 0.2) is 5.79 Å². The average Bonchev–Trinajstić information content (AvgIpc) is 3.16. The van der Waals surface area contributed by atoms with Crippen molar-refractivity contribution in [3.05, 3.63) is 0 Å². The lowest BCUT2D eigenvalue weighted by molar-refractivity contribution is -0.537. The highest BCUT2D eigenvalue weighted by atomic mass is 19.5. The highest BCUT2D eigenvalue weighted by Crippen LogP contribution is 2.63. The quantitative estimate of drug-likeness (QED) is 0.0367. The van der Waals surface area contributed by atoms with Crippen LogP contribution >= 0.6 is 0 Å². The molecule has 0 heterocycles. The fourth-order valence-electron chi connectivity index (χ4n) is 6.20. The van der Waals surface area contributed by atoms with E-state index >= 15 is 0 Å². The Labute approximate surface area is 419 Å². The molecule has 0 aliphatic rings. The second-order valence-electron chi connectivity index (χ2n) is 19.0. The molecule has 0 aromatic heterocycles. The average molecular weight is 1260 g/mol. The fourth-order valence-corrected chi connectivity index (χ4v) is 6.20. The molecule has 0 bridgehead atoms. The van der Waals surface area contributed by atoms with Crippen molar-refractivity contribution >= 4 is 5.97 Å². The molecule has 0 radical (unpaired) electrons. The Balaban J connectivity index is 6.99. The van der Waals surface area contributed by atoms with Crippen molar-refractivity contribution in [3.8, 4) is 0 Å². The third kappa shape index (κ3) is 14.8. The van der Waals surface area contributed by atoms with Gasteiger partial charge in [0.2, 0.25) is 0 Å². The van der Waals surface area contributed by atoms with Crippen LogP contribution in [0.25, 0.3) is 0 Å². The fraction of sp³-hybridized carbons (Fsp3) is 0.973. The number of halogens is 34. The maximum Gasteiger partial charge on any atom is 0.436 e. The van der Waals surface area contributed by atoms with E-state index in [1.54, 1.807) is 20.8 Å². The van der Waals surface area contributed by atoms with E-state index in [4.69, 9.17) is 4.74 Å². The number of alkyl halides is 34. The predicted molar refractivity (Wildman–Crippen MR) is 188 cm³/mol. The van der Waals surface area contributed by atoms with Crippen molar-refractivity contribution in [2.24, 2.45) is 16.2 Å². The van der Waals surface area contributed by atoms with E-state index in [1.807, 2.05) is 0 Å². The van der Waals surface area contributed by atoms with E-state index in [2.05, 4.69) is 18.9 Å². The molecule has 0 saturated heterocycles. The summed E-state index contributed by atoms with van der Waals surface area (Å²) in [7, 11) is 0. The Morgan fingerprint density at radius 3 is 0.797 bits per heavy atom. The van der Waals surface area contributed by atoms with Gasteiger partial charge in [-0.15, -0.1) is 0 Å². The predicted octanol–water partition coefficient (Wildman–Crippen LogP) is 15.4. The van der Waals surface area contributed by atoms with Crippen LogP contribution in [-0.2, 0) is 38.0 Å². The molecule has 0 aliphatic carbocycles. The van der Waals surface area contributed by atoms with Crippen molar-refractivity contribution in [1.29, 1.82) is 0 Å². The molecule has 0 aromatic rings. The summed E-state index contributed by atoms with van der Waals surface area (Å²) in [6.07, 6.45) is -84.3. The number of ether oxygens (including phenoxy) is 7. The Morgan fingerprint density at radius 2 is 0.570 bits per heavy atom. The molecule has 0 aliphatic heterocycles. The lowest BCUT2D eigenvalue weighted by atomic mass is 9.61.